The lowest BCUT2D eigenvalue weighted by atomic mass is 9.80. The summed E-state index contributed by atoms with van der Waals surface area (Å²) in [4.78, 5) is 53.5. The van der Waals surface area contributed by atoms with Gasteiger partial charge in [-0.25, -0.2) is 9.59 Å². The van der Waals surface area contributed by atoms with Crippen molar-refractivity contribution in [3.63, 3.8) is 0 Å². The molecule has 0 unspecified atom stereocenters. The summed E-state index contributed by atoms with van der Waals surface area (Å²) < 4.78 is 49.4. The van der Waals surface area contributed by atoms with E-state index in [4.69, 9.17) is 37.6 Å². The molecule has 0 amide bonds. The Morgan fingerprint density at radius 1 is 0.754 bits per heavy atom. The van der Waals surface area contributed by atoms with E-state index in [0.717, 1.165) is 31.4 Å². The number of carbonyl (C=O) groups is 4. The molecule has 16 heteroatoms. The Morgan fingerprint density at radius 2 is 1.33 bits per heavy atom. The number of esters is 4. The van der Waals surface area contributed by atoms with Gasteiger partial charge in [-0.1, -0.05) is 87.5 Å². The van der Waals surface area contributed by atoms with Crippen molar-refractivity contribution in [2.24, 2.45) is 5.92 Å². The minimum Gasteiger partial charge on any atom is -0.467 e. The van der Waals surface area contributed by atoms with Gasteiger partial charge in [0.25, 0.3) is 0 Å². The smallest absolute Gasteiger partial charge is 0.339 e. The second-order valence-corrected chi connectivity index (χ2v) is 23.1. The molecule has 3 aromatic carbocycles. The fourth-order valence-corrected chi connectivity index (χ4v) is 10.7. The standard InChI is InChI=1S/C45H56O14SSi/c1-25(46)54-36-34(57-41(44(51)52-6)38(55-26(2)47)37(36)58-43(50)28-20-14-10-15-21-28)32(49)30-31(48)33-35(53-24-27-18-12-9-13-19-27)39(59-61(7,8)45(3,4)5)40(56-33)42(30)60-29-22-16-11-17-23-29/h9-23,30-42,48-49H,24H2,1-8H3/t30-,31-,32-,33+,34-,35-,36+,37+,38-,39+,40+,41-,42-/m0/s1. The summed E-state index contributed by atoms with van der Waals surface area (Å²) in [5.41, 5.74) is 0.998. The van der Waals surface area contributed by atoms with Crippen LogP contribution in [-0.2, 0) is 58.6 Å². The highest BCUT2D eigenvalue weighted by Gasteiger charge is 2.65. The molecule has 0 saturated carbocycles. The Bertz CT molecular complexity index is 1960. The monoisotopic (exact) mass is 880 g/mol. The molecule has 330 valence electrons. The van der Waals surface area contributed by atoms with Crippen LogP contribution in [0.1, 0.15) is 50.5 Å². The largest absolute Gasteiger partial charge is 0.467 e. The molecule has 0 aliphatic carbocycles. The summed E-state index contributed by atoms with van der Waals surface area (Å²) in [6, 6.07) is 26.9. The number of aliphatic hydroxyl groups is 2. The van der Waals surface area contributed by atoms with E-state index in [1.54, 1.807) is 18.2 Å². The minimum absolute atomic E-state index is 0.105. The highest BCUT2D eigenvalue weighted by atomic mass is 32.2. The van der Waals surface area contributed by atoms with Gasteiger partial charge >= 0.3 is 23.9 Å². The maximum absolute atomic E-state index is 13.7. The Labute approximate surface area is 361 Å². The zero-order valence-electron chi connectivity index (χ0n) is 35.6. The van der Waals surface area contributed by atoms with Crippen molar-refractivity contribution in [3.8, 4) is 0 Å². The van der Waals surface area contributed by atoms with Crippen LogP contribution in [0, 0.1) is 5.92 Å². The third-order valence-electron chi connectivity index (χ3n) is 11.9. The van der Waals surface area contributed by atoms with Crippen LogP contribution in [0.5, 0.6) is 0 Å². The average Bonchev–Trinajstić information content (AvgIpc) is 3.53. The van der Waals surface area contributed by atoms with Gasteiger partial charge in [-0.2, -0.15) is 0 Å². The molecule has 2 N–H and O–H groups in total. The Hall–Kier alpha value is -4.13. The summed E-state index contributed by atoms with van der Waals surface area (Å²) in [6.45, 7) is 13.0. The molecule has 3 saturated heterocycles. The SMILES string of the molecule is COC(=O)[C@H]1O[C@@H]([C@@H](O)[C@@H]2[C@H](O)[C@H]3O[C@H]([C@H](O[Si](C)(C)C(C)(C)C)[C@H]3OCc3ccccc3)[C@H]2Sc2ccccc2)[C@@H](OC(C)=O)[C@@H](OC(=O)c2ccccc2)[C@@H]1OC(C)=O. The van der Waals surface area contributed by atoms with E-state index in [-0.39, 0.29) is 17.2 Å². The number of carbonyl (C=O) groups excluding carboxylic acids is 4. The van der Waals surface area contributed by atoms with Gasteiger partial charge in [-0.15, -0.1) is 11.8 Å². The first-order valence-electron chi connectivity index (χ1n) is 20.3. The van der Waals surface area contributed by atoms with Gasteiger partial charge in [0.05, 0.1) is 37.6 Å². The Morgan fingerprint density at radius 3 is 1.90 bits per heavy atom. The molecule has 14 nitrogen and oxygen atoms in total. The number of aliphatic hydroxyl groups excluding tert-OH is 2. The van der Waals surface area contributed by atoms with Crippen LogP contribution < -0.4 is 0 Å². The van der Waals surface area contributed by atoms with Crippen molar-refractivity contribution >= 4 is 44.0 Å². The molecule has 3 aliphatic heterocycles. The van der Waals surface area contributed by atoms with Crippen LogP contribution in [0.15, 0.2) is 95.9 Å². The molecule has 0 radical (unpaired) electrons. The fraction of sp³-hybridized carbons (Fsp3) is 0.511. The molecule has 3 heterocycles. The van der Waals surface area contributed by atoms with E-state index in [0.29, 0.717) is 0 Å². The van der Waals surface area contributed by atoms with Crippen LogP contribution in [0.3, 0.4) is 0 Å². The summed E-state index contributed by atoms with van der Waals surface area (Å²) in [7, 11) is -1.48. The Balaban J connectivity index is 1.47. The van der Waals surface area contributed by atoms with Gasteiger partial charge in [0.2, 0.25) is 0 Å². The predicted molar refractivity (Wildman–Crippen MR) is 225 cm³/mol. The lowest BCUT2D eigenvalue weighted by Crippen LogP contribution is -2.68. The third-order valence-corrected chi connectivity index (χ3v) is 17.7. The van der Waals surface area contributed by atoms with E-state index >= 15 is 0 Å². The van der Waals surface area contributed by atoms with Crippen molar-refractivity contribution in [3.05, 3.63) is 102 Å². The highest BCUT2D eigenvalue weighted by molar-refractivity contribution is 8.00. The predicted octanol–water partition coefficient (Wildman–Crippen LogP) is 5.27. The molecule has 6 rings (SSSR count). The van der Waals surface area contributed by atoms with Gasteiger partial charge in [0.15, 0.2) is 32.7 Å². The molecule has 3 aliphatic rings. The fourth-order valence-electron chi connectivity index (χ4n) is 7.90. The number of benzene rings is 3. The molecule has 61 heavy (non-hydrogen) atoms. The summed E-state index contributed by atoms with van der Waals surface area (Å²) >= 11 is 1.35. The quantitative estimate of drug-likeness (QED) is 0.121. The number of ether oxygens (including phenoxy) is 7. The first-order valence-corrected chi connectivity index (χ1v) is 24.1. The van der Waals surface area contributed by atoms with Crippen LogP contribution in [0.2, 0.25) is 18.1 Å². The lowest BCUT2D eigenvalue weighted by molar-refractivity contribution is -0.266. The summed E-state index contributed by atoms with van der Waals surface area (Å²) in [5.74, 6) is -4.80. The molecule has 2 bridgehead atoms. The minimum atomic E-state index is -2.57. The molecular weight excluding hydrogens is 825 g/mol. The maximum atomic E-state index is 13.7. The summed E-state index contributed by atoms with van der Waals surface area (Å²) in [5, 5.41) is 24.5. The molecule has 3 aromatic rings. The van der Waals surface area contributed by atoms with Crippen molar-refractivity contribution < 1.29 is 67.0 Å². The molecule has 0 spiro atoms. The first-order chi connectivity index (χ1) is 28.9. The lowest BCUT2D eigenvalue weighted by Gasteiger charge is -2.49. The molecule has 0 aromatic heterocycles. The zero-order chi connectivity index (χ0) is 44.2. The number of rotatable bonds is 14. The maximum Gasteiger partial charge on any atom is 0.339 e. The van der Waals surface area contributed by atoms with Crippen molar-refractivity contribution in [2.45, 2.75) is 137 Å². The average molecular weight is 881 g/mol. The van der Waals surface area contributed by atoms with Crippen molar-refractivity contribution in [2.75, 3.05) is 7.11 Å². The van der Waals surface area contributed by atoms with E-state index in [1.807, 2.05) is 60.7 Å². The number of hydrogen-bond donors (Lipinski definition) is 2. The van der Waals surface area contributed by atoms with E-state index in [9.17, 15) is 29.4 Å². The Kier molecular flexibility index (Phi) is 14.8. The highest BCUT2D eigenvalue weighted by Crippen LogP contribution is 2.51. The van der Waals surface area contributed by atoms with Gasteiger partial charge in [0, 0.05) is 29.9 Å². The molecule has 3 fully saturated rings. The van der Waals surface area contributed by atoms with Gasteiger partial charge < -0.3 is 47.8 Å². The zero-order valence-corrected chi connectivity index (χ0v) is 37.4. The third kappa shape index (κ3) is 10.4. The van der Waals surface area contributed by atoms with Gasteiger partial charge in [0.1, 0.15) is 24.4 Å². The second-order valence-electron chi connectivity index (χ2n) is 17.1. The number of fused-ring (bicyclic) bond motifs is 2. The normalized spacial score (nSPS) is 30.5. The van der Waals surface area contributed by atoms with E-state index in [2.05, 4.69) is 33.9 Å². The van der Waals surface area contributed by atoms with E-state index in [1.165, 1.54) is 23.9 Å². The number of methoxy groups -OCH3 is 1. The van der Waals surface area contributed by atoms with Crippen LogP contribution in [0.4, 0.5) is 0 Å². The van der Waals surface area contributed by atoms with E-state index < -0.39 is 111 Å². The number of hydrogen-bond acceptors (Lipinski definition) is 15. The van der Waals surface area contributed by atoms with Crippen LogP contribution in [0.25, 0.3) is 0 Å². The number of thioether (sulfide) groups is 1. The van der Waals surface area contributed by atoms with Crippen LogP contribution in [-0.4, -0.2) is 122 Å². The summed E-state index contributed by atoms with van der Waals surface area (Å²) in [6.07, 6.45) is -15.1. The molecular formula is C45H56O14SSi. The second kappa shape index (κ2) is 19.5. The van der Waals surface area contributed by atoms with Crippen molar-refractivity contribution in [1.82, 2.24) is 0 Å². The topological polar surface area (TPSA) is 183 Å². The molecule has 13 atom stereocenters. The first kappa shape index (κ1) is 46.4. The van der Waals surface area contributed by atoms with Crippen molar-refractivity contribution in [1.29, 1.82) is 0 Å². The van der Waals surface area contributed by atoms with Gasteiger partial charge in [-0.05, 0) is 48.0 Å². The van der Waals surface area contributed by atoms with Gasteiger partial charge in [-0.3, -0.25) is 9.59 Å². The van der Waals surface area contributed by atoms with Crippen LogP contribution >= 0.6 is 11.8 Å².